The summed E-state index contributed by atoms with van der Waals surface area (Å²) in [5, 5.41) is 11.6. The number of aryl methyl sites for hydroxylation is 1. The van der Waals surface area contributed by atoms with Gasteiger partial charge in [-0.15, -0.1) is 0 Å². The maximum absolute atomic E-state index is 14.1. The normalized spacial score (nSPS) is 11.8. The number of rotatable bonds is 4. The van der Waals surface area contributed by atoms with Gasteiger partial charge in [0.25, 0.3) is 11.5 Å². The predicted molar refractivity (Wildman–Crippen MR) is 150 cm³/mol. The van der Waals surface area contributed by atoms with E-state index in [-0.39, 0.29) is 17.1 Å². The summed E-state index contributed by atoms with van der Waals surface area (Å²) in [4.78, 5) is 36.5. The van der Waals surface area contributed by atoms with E-state index in [9.17, 15) is 9.59 Å². The second-order valence-electron chi connectivity index (χ2n) is 9.13. The van der Waals surface area contributed by atoms with E-state index in [4.69, 9.17) is 10.7 Å². The molecule has 11 nitrogen and oxygen atoms in total. The molecule has 11 heteroatoms. The van der Waals surface area contributed by atoms with Gasteiger partial charge in [0.15, 0.2) is 17.2 Å². The molecule has 1 atom stereocenters. The lowest BCUT2D eigenvalue weighted by atomic mass is 10.1. The van der Waals surface area contributed by atoms with Gasteiger partial charge in [-0.05, 0) is 43.3 Å². The first kappa shape index (κ1) is 24.6. The molecule has 4 aromatic heterocycles. The third kappa shape index (κ3) is 4.33. The van der Waals surface area contributed by atoms with Gasteiger partial charge in [-0.1, -0.05) is 36.1 Å². The number of amides is 1. The first-order valence-electron chi connectivity index (χ1n) is 12.4. The zero-order chi connectivity index (χ0) is 27.8. The van der Waals surface area contributed by atoms with Gasteiger partial charge in [-0.25, -0.2) is 14.5 Å². The quantitative estimate of drug-likeness (QED) is 0.335. The van der Waals surface area contributed by atoms with Crippen molar-refractivity contribution in [1.29, 1.82) is 0 Å². The predicted octanol–water partition coefficient (Wildman–Crippen LogP) is 2.63. The Kier molecular flexibility index (Phi) is 6.05. The zero-order valence-corrected chi connectivity index (χ0v) is 21.6. The van der Waals surface area contributed by atoms with Gasteiger partial charge >= 0.3 is 0 Å². The van der Waals surface area contributed by atoms with Crippen LogP contribution < -0.4 is 16.6 Å². The first-order valence-corrected chi connectivity index (χ1v) is 12.4. The molecule has 40 heavy (non-hydrogen) atoms. The van der Waals surface area contributed by atoms with Crippen molar-refractivity contribution in [3.05, 3.63) is 112 Å². The van der Waals surface area contributed by atoms with E-state index < -0.39 is 11.9 Å². The van der Waals surface area contributed by atoms with Crippen molar-refractivity contribution in [2.24, 2.45) is 7.05 Å². The minimum absolute atomic E-state index is 0.0483. The molecule has 0 radical (unpaired) electrons. The molecule has 196 valence electrons. The number of nitrogens with two attached hydrogens (primary N) is 1. The van der Waals surface area contributed by atoms with Crippen LogP contribution in [0.3, 0.4) is 0 Å². The molecule has 0 aliphatic carbocycles. The number of aromatic nitrogens is 7. The highest BCUT2D eigenvalue weighted by molar-refractivity contribution is 5.98. The van der Waals surface area contributed by atoms with E-state index in [0.29, 0.717) is 33.6 Å². The number of nitrogens with zero attached hydrogens (tertiary/aromatic N) is 7. The summed E-state index contributed by atoms with van der Waals surface area (Å²) in [6.07, 6.45) is 5.00. The fourth-order valence-electron chi connectivity index (χ4n) is 4.54. The van der Waals surface area contributed by atoms with Crippen LogP contribution in [0.4, 0.5) is 5.82 Å². The number of nitrogen functional groups attached to an aromatic ring is 1. The maximum Gasteiger partial charge on any atom is 0.274 e. The minimum atomic E-state index is -0.691. The molecule has 3 N–H and O–H groups in total. The summed E-state index contributed by atoms with van der Waals surface area (Å²) < 4.78 is 4.54. The Hall–Kier alpha value is -5.76. The fourth-order valence-corrected chi connectivity index (χ4v) is 4.54. The highest BCUT2D eigenvalue weighted by Crippen LogP contribution is 2.21. The summed E-state index contributed by atoms with van der Waals surface area (Å²) in [5.41, 5.74) is 8.62. The Balaban J connectivity index is 1.48. The molecule has 4 heterocycles. The van der Waals surface area contributed by atoms with Crippen LogP contribution in [0.1, 0.15) is 40.4 Å². The number of carbonyl (C=O) groups is 1. The number of carbonyl (C=O) groups excluding carboxylic acids is 1. The van der Waals surface area contributed by atoms with E-state index in [1.54, 1.807) is 60.5 Å². The Morgan fingerprint density at radius 3 is 2.60 bits per heavy atom. The Labute approximate surface area is 227 Å². The zero-order valence-electron chi connectivity index (χ0n) is 21.6. The van der Waals surface area contributed by atoms with Crippen LogP contribution in [-0.4, -0.2) is 39.8 Å². The molecule has 0 saturated carbocycles. The highest BCUT2D eigenvalue weighted by Gasteiger charge is 2.24. The van der Waals surface area contributed by atoms with Crippen LogP contribution in [0.25, 0.3) is 22.2 Å². The molecule has 0 saturated heterocycles. The van der Waals surface area contributed by atoms with Gasteiger partial charge < -0.3 is 11.1 Å². The van der Waals surface area contributed by atoms with Crippen LogP contribution in [0.15, 0.2) is 84.0 Å². The van der Waals surface area contributed by atoms with Gasteiger partial charge in [-0.2, -0.15) is 10.2 Å². The smallest absolute Gasteiger partial charge is 0.274 e. The number of hydrogen-bond acceptors (Lipinski definition) is 7. The van der Waals surface area contributed by atoms with Crippen LogP contribution in [0, 0.1) is 11.8 Å². The van der Waals surface area contributed by atoms with E-state index in [1.807, 2.05) is 37.4 Å². The van der Waals surface area contributed by atoms with Gasteiger partial charge in [0.1, 0.15) is 5.82 Å². The number of benzene rings is 2. The Morgan fingerprint density at radius 2 is 1.82 bits per heavy atom. The summed E-state index contributed by atoms with van der Waals surface area (Å²) in [5.74, 6) is 6.06. The maximum atomic E-state index is 14.1. The van der Waals surface area contributed by atoms with Crippen molar-refractivity contribution < 1.29 is 4.79 Å². The molecule has 0 aliphatic rings. The van der Waals surface area contributed by atoms with Crippen LogP contribution >= 0.6 is 0 Å². The van der Waals surface area contributed by atoms with Crippen LogP contribution in [-0.2, 0) is 7.05 Å². The van der Waals surface area contributed by atoms with Crippen molar-refractivity contribution in [2.75, 3.05) is 5.73 Å². The largest absolute Gasteiger partial charge is 0.382 e. The third-order valence-corrected chi connectivity index (χ3v) is 6.35. The lowest BCUT2D eigenvalue weighted by Crippen LogP contribution is -2.34. The Bertz CT molecular complexity index is 2030. The van der Waals surface area contributed by atoms with Gasteiger partial charge in [0.05, 0.1) is 34.4 Å². The van der Waals surface area contributed by atoms with E-state index in [1.165, 1.54) is 9.08 Å². The molecule has 0 spiro atoms. The average Bonchev–Trinajstić information content (AvgIpc) is 3.53. The van der Waals surface area contributed by atoms with Crippen LogP contribution in [0.5, 0.6) is 0 Å². The molecule has 6 rings (SSSR count). The molecule has 0 fully saturated rings. The monoisotopic (exact) mass is 529 g/mol. The minimum Gasteiger partial charge on any atom is -0.382 e. The Morgan fingerprint density at radius 1 is 1.00 bits per heavy atom. The number of imidazole rings is 1. The van der Waals surface area contributed by atoms with E-state index >= 15 is 0 Å². The highest BCUT2D eigenvalue weighted by atomic mass is 16.2. The topological polar surface area (TPSA) is 138 Å². The number of hydrogen-bond donors (Lipinski definition) is 2. The number of nitrogens with one attached hydrogen (secondary N) is 1. The number of anilines is 1. The molecule has 0 bridgehead atoms. The molecule has 6 aromatic rings. The molecular weight excluding hydrogens is 506 g/mol. The number of para-hydroxylation sites is 1. The SMILES string of the molecule is C[C@H](NC(=O)c1c(N)nc2cccnn12)c1nc2cccc(C#Cc3cnn(C)c3)c2c(=O)n1-c1ccccc1. The van der Waals surface area contributed by atoms with Crippen molar-refractivity contribution in [3.63, 3.8) is 0 Å². The summed E-state index contributed by atoms with van der Waals surface area (Å²) in [6, 6.07) is 17.2. The van der Waals surface area contributed by atoms with Crippen molar-refractivity contribution in [3.8, 4) is 17.5 Å². The van der Waals surface area contributed by atoms with Gasteiger partial charge in [0, 0.05) is 25.0 Å². The molecule has 1 amide bonds. The second-order valence-corrected chi connectivity index (χ2v) is 9.13. The standard InChI is InChI=1S/C29H23N9O2/c1-18(33-28(39)25-26(30)35-23-12-7-15-31-38(23)25)27-34-22-11-6-8-20(14-13-19-16-32-36(2)17-19)24(22)29(40)37(27)21-9-4-3-5-10-21/h3-12,15-18H,30H2,1-2H3,(H,33,39)/t18-/m0/s1. The summed E-state index contributed by atoms with van der Waals surface area (Å²) in [7, 11) is 1.81. The molecule has 0 unspecified atom stereocenters. The third-order valence-electron chi connectivity index (χ3n) is 6.35. The molecule has 0 aliphatic heterocycles. The van der Waals surface area contributed by atoms with Gasteiger partial charge in [0.2, 0.25) is 0 Å². The van der Waals surface area contributed by atoms with E-state index in [0.717, 1.165) is 5.56 Å². The van der Waals surface area contributed by atoms with Gasteiger partial charge in [-0.3, -0.25) is 18.8 Å². The first-order chi connectivity index (χ1) is 19.4. The number of fused-ring (bicyclic) bond motifs is 2. The van der Waals surface area contributed by atoms with Crippen molar-refractivity contribution in [2.45, 2.75) is 13.0 Å². The summed E-state index contributed by atoms with van der Waals surface area (Å²) in [6.45, 7) is 1.75. The lowest BCUT2D eigenvalue weighted by Gasteiger charge is -2.20. The molecular formula is C29H23N9O2. The fraction of sp³-hybridized carbons (Fsp3) is 0.103. The summed E-state index contributed by atoms with van der Waals surface area (Å²) >= 11 is 0. The second kappa shape index (κ2) is 9.85. The van der Waals surface area contributed by atoms with E-state index in [2.05, 4.69) is 32.3 Å². The lowest BCUT2D eigenvalue weighted by molar-refractivity contribution is 0.0931. The van der Waals surface area contributed by atoms with Crippen LogP contribution in [0.2, 0.25) is 0 Å². The molecule has 2 aromatic carbocycles. The van der Waals surface area contributed by atoms with Crippen molar-refractivity contribution >= 4 is 28.3 Å². The van der Waals surface area contributed by atoms with Crippen molar-refractivity contribution in [1.82, 2.24) is 39.2 Å². The average molecular weight is 530 g/mol.